The van der Waals surface area contributed by atoms with Crippen LogP contribution >= 0.6 is 0 Å². The van der Waals surface area contributed by atoms with Gasteiger partial charge in [0, 0.05) is 24.3 Å². The molecule has 0 aliphatic rings. The Kier molecular flexibility index (Phi) is 6.43. The van der Waals surface area contributed by atoms with E-state index in [0.29, 0.717) is 18.0 Å². The Morgan fingerprint density at radius 1 is 1.12 bits per heavy atom. The van der Waals surface area contributed by atoms with E-state index in [9.17, 15) is 4.79 Å². The third-order valence-corrected chi connectivity index (χ3v) is 3.81. The summed E-state index contributed by atoms with van der Waals surface area (Å²) in [7, 11) is 3.19. The van der Waals surface area contributed by atoms with Crippen LogP contribution in [-0.4, -0.2) is 26.7 Å². The lowest BCUT2D eigenvalue weighted by Gasteiger charge is -2.12. The summed E-state index contributed by atoms with van der Waals surface area (Å²) in [6.07, 6.45) is 3.25. The number of amides is 1. The van der Waals surface area contributed by atoms with Gasteiger partial charge in [-0.2, -0.15) is 0 Å². The van der Waals surface area contributed by atoms with E-state index in [1.807, 2.05) is 30.3 Å². The lowest BCUT2D eigenvalue weighted by Crippen LogP contribution is -2.25. The highest BCUT2D eigenvalue weighted by Gasteiger charge is 2.06. The number of methoxy groups -OCH3 is 2. The summed E-state index contributed by atoms with van der Waals surface area (Å²) < 4.78 is 10.5. The Balaban J connectivity index is 1.93. The quantitative estimate of drug-likeness (QED) is 0.791. The van der Waals surface area contributed by atoms with E-state index < -0.39 is 0 Å². The highest BCUT2D eigenvalue weighted by Crippen LogP contribution is 2.25. The minimum absolute atomic E-state index is 0.129. The Bertz CT molecular complexity index is 695. The standard InChI is InChI=1S/C20H23NO3/c1-15(16-7-5-4-6-8-16)14-21-20(22)12-10-17-9-11-18(23-2)13-19(17)24-3/h4-13,15H,14H2,1-3H3,(H,21,22). The molecule has 1 amide bonds. The molecule has 0 saturated heterocycles. The maximum Gasteiger partial charge on any atom is 0.244 e. The van der Waals surface area contributed by atoms with Crippen LogP contribution in [0, 0.1) is 0 Å². The Hall–Kier alpha value is -2.75. The zero-order valence-electron chi connectivity index (χ0n) is 14.3. The van der Waals surface area contributed by atoms with Crippen molar-refractivity contribution in [3.05, 3.63) is 65.7 Å². The largest absolute Gasteiger partial charge is 0.497 e. The van der Waals surface area contributed by atoms with Crippen LogP contribution < -0.4 is 14.8 Å². The smallest absolute Gasteiger partial charge is 0.244 e. The minimum Gasteiger partial charge on any atom is -0.497 e. The number of hydrogen-bond acceptors (Lipinski definition) is 3. The van der Waals surface area contributed by atoms with Crippen molar-refractivity contribution in [2.24, 2.45) is 0 Å². The third-order valence-electron chi connectivity index (χ3n) is 3.81. The molecule has 0 spiro atoms. The van der Waals surface area contributed by atoms with Crippen LogP contribution in [0.3, 0.4) is 0 Å². The van der Waals surface area contributed by atoms with E-state index in [-0.39, 0.29) is 11.8 Å². The number of ether oxygens (including phenoxy) is 2. The number of carbonyl (C=O) groups excluding carboxylic acids is 1. The van der Waals surface area contributed by atoms with Gasteiger partial charge in [-0.1, -0.05) is 37.3 Å². The van der Waals surface area contributed by atoms with Crippen molar-refractivity contribution < 1.29 is 14.3 Å². The number of rotatable bonds is 7. The van der Waals surface area contributed by atoms with Gasteiger partial charge in [-0.25, -0.2) is 0 Å². The number of benzene rings is 2. The van der Waals surface area contributed by atoms with Crippen molar-refractivity contribution >= 4 is 12.0 Å². The summed E-state index contributed by atoms with van der Waals surface area (Å²) in [5, 5.41) is 2.92. The summed E-state index contributed by atoms with van der Waals surface area (Å²) in [6, 6.07) is 15.6. The monoisotopic (exact) mass is 325 g/mol. The number of carbonyl (C=O) groups is 1. The maximum atomic E-state index is 12.0. The van der Waals surface area contributed by atoms with Crippen LogP contribution in [0.4, 0.5) is 0 Å². The van der Waals surface area contributed by atoms with Gasteiger partial charge in [0.15, 0.2) is 0 Å². The zero-order valence-corrected chi connectivity index (χ0v) is 14.3. The third kappa shape index (κ3) is 4.88. The van der Waals surface area contributed by atoms with E-state index in [2.05, 4.69) is 24.4 Å². The summed E-state index contributed by atoms with van der Waals surface area (Å²) in [4.78, 5) is 12.0. The van der Waals surface area contributed by atoms with Crippen LogP contribution in [0.2, 0.25) is 0 Å². The first-order valence-corrected chi connectivity index (χ1v) is 7.87. The average molecular weight is 325 g/mol. The Labute approximate surface area is 143 Å². The molecule has 1 unspecified atom stereocenters. The molecular weight excluding hydrogens is 302 g/mol. The van der Waals surface area contributed by atoms with Crippen molar-refractivity contribution in [1.29, 1.82) is 0 Å². The second-order valence-corrected chi connectivity index (χ2v) is 5.50. The van der Waals surface area contributed by atoms with Crippen LogP contribution in [0.25, 0.3) is 6.08 Å². The average Bonchev–Trinajstić information content (AvgIpc) is 2.64. The first kappa shape index (κ1) is 17.6. The molecular formula is C20H23NO3. The molecule has 1 N–H and O–H groups in total. The van der Waals surface area contributed by atoms with Gasteiger partial charge in [0.05, 0.1) is 14.2 Å². The fourth-order valence-electron chi connectivity index (χ4n) is 2.33. The number of hydrogen-bond donors (Lipinski definition) is 1. The molecule has 2 rings (SSSR count). The first-order valence-electron chi connectivity index (χ1n) is 7.87. The van der Waals surface area contributed by atoms with E-state index in [4.69, 9.17) is 9.47 Å². The van der Waals surface area contributed by atoms with Crippen molar-refractivity contribution in [3.63, 3.8) is 0 Å². The highest BCUT2D eigenvalue weighted by molar-refractivity contribution is 5.92. The summed E-state index contributed by atoms with van der Waals surface area (Å²) >= 11 is 0. The maximum absolute atomic E-state index is 12.0. The molecule has 0 heterocycles. The summed E-state index contributed by atoms with van der Waals surface area (Å²) in [5.74, 6) is 1.51. The second-order valence-electron chi connectivity index (χ2n) is 5.50. The predicted octanol–water partition coefficient (Wildman–Crippen LogP) is 3.64. The molecule has 4 nitrogen and oxygen atoms in total. The molecule has 0 bridgehead atoms. The molecule has 0 aliphatic heterocycles. The van der Waals surface area contributed by atoms with Gasteiger partial charge >= 0.3 is 0 Å². The SMILES string of the molecule is COc1ccc(C=CC(=O)NCC(C)c2ccccc2)c(OC)c1. The van der Waals surface area contributed by atoms with Gasteiger partial charge in [0.2, 0.25) is 5.91 Å². The molecule has 4 heteroatoms. The lowest BCUT2D eigenvalue weighted by atomic mass is 10.0. The molecule has 0 fully saturated rings. The van der Waals surface area contributed by atoms with Crippen molar-refractivity contribution in [2.75, 3.05) is 20.8 Å². The Morgan fingerprint density at radius 2 is 1.88 bits per heavy atom. The summed E-state index contributed by atoms with van der Waals surface area (Å²) in [5.41, 5.74) is 2.03. The molecule has 2 aromatic rings. The van der Waals surface area contributed by atoms with Gasteiger partial charge in [-0.3, -0.25) is 4.79 Å². The Morgan fingerprint density at radius 3 is 2.54 bits per heavy atom. The van der Waals surface area contributed by atoms with E-state index >= 15 is 0 Å². The van der Waals surface area contributed by atoms with Gasteiger partial charge in [-0.15, -0.1) is 0 Å². The van der Waals surface area contributed by atoms with Crippen molar-refractivity contribution in [3.8, 4) is 11.5 Å². The molecule has 2 aromatic carbocycles. The van der Waals surface area contributed by atoms with Crippen LogP contribution in [0.1, 0.15) is 24.0 Å². The topological polar surface area (TPSA) is 47.6 Å². The van der Waals surface area contributed by atoms with Gasteiger partial charge in [-0.05, 0) is 29.7 Å². The zero-order chi connectivity index (χ0) is 17.4. The van der Waals surface area contributed by atoms with Gasteiger partial charge in [0.25, 0.3) is 0 Å². The van der Waals surface area contributed by atoms with Crippen molar-refractivity contribution in [2.45, 2.75) is 12.8 Å². The van der Waals surface area contributed by atoms with Gasteiger partial charge in [0.1, 0.15) is 11.5 Å². The van der Waals surface area contributed by atoms with Crippen LogP contribution in [0.15, 0.2) is 54.6 Å². The molecule has 126 valence electrons. The highest BCUT2D eigenvalue weighted by atomic mass is 16.5. The number of nitrogens with one attached hydrogen (secondary N) is 1. The van der Waals surface area contributed by atoms with Crippen LogP contribution in [-0.2, 0) is 4.79 Å². The van der Waals surface area contributed by atoms with E-state index in [1.165, 1.54) is 11.6 Å². The van der Waals surface area contributed by atoms with Gasteiger partial charge < -0.3 is 14.8 Å². The second kappa shape index (κ2) is 8.77. The van der Waals surface area contributed by atoms with Crippen LogP contribution in [0.5, 0.6) is 11.5 Å². The molecule has 0 saturated carbocycles. The predicted molar refractivity (Wildman–Crippen MR) is 96.4 cm³/mol. The first-order chi connectivity index (χ1) is 11.6. The molecule has 1 atom stereocenters. The fourth-order valence-corrected chi connectivity index (χ4v) is 2.33. The molecule has 24 heavy (non-hydrogen) atoms. The normalized spacial score (nSPS) is 12.0. The van der Waals surface area contributed by atoms with Crippen molar-refractivity contribution in [1.82, 2.24) is 5.32 Å². The minimum atomic E-state index is -0.129. The fraction of sp³-hybridized carbons (Fsp3) is 0.250. The van der Waals surface area contributed by atoms with E-state index in [1.54, 1.807) is 26.4 Å². The molecule has 0 radical (unpaired) electrons. The summed E-state index contributed by atoms with van der Waals surface area (Å²) in [6.45, 7) is 2.68. The lowest BCUT2D eigenvalue weighted by molar-refractivity contribution is -0.116. The molecule has 0 aromatic heterocycles. The van der Waals surface area contributed by atoms with E-state index in [0.717, 1.165) is 5.56 Å². The molecule has 0 aliphatic carbocycles.